The summed E-state index contributed by atoms with van der Waals surface area (Å²) in [6.45, 7) is 7.16. The lowest BCUT2D eigenvalue weighted by molar-refractivity contribution is 0.420. The number of rotatable bonds is 4. The average molecular weight is 290 g/mol. The second kappa shape index (κ2) is 6.33. The van der Waals surface area contributed by atoms with E-state index in [1.807, 2.05) is 36.5 Å². The van der Waals surface area contributed by atoms with Crippen molar-refractivity contribution < 1.29 is 0 Å². The van der Waals surface area contributed by atoms with Gasteiger partial charge in [0.25, 0.3) is 0 Å². The second-order valence-corrected chi connectivity index (χ2v) is 6.31. The number of halogens is 1. The van der Waals surface area contributed by atoms with Gasteiger partial charge in [0.05, 0.1) is 5.69 Å². The van der Waals surface area contributed by atoms with E-state index in [1.165, 1.54) is 0 Å². The molecular weight excluding hydrogens is 270 g/mol. The van der Waals surface area contributed by atoms with Gasteiger partial charge < -0.3 is 5.32 Å². The van der Waals surface area contributed by atoms with E-state index in [1.54, 1.807) is 0 Å². The summed E-state index contributed by atoms with van der Waals surface area (Å²) in [5.74, 6) is 0.820. The van der Waals surface area contributed by atoms with Crippen LogP contribution in [0.1, 0.15) is 37.9 Å². The van der Waals surface area contributed by atoms with Crippen molar-refractivity contribution in [3.63, 3.8) is 0 Å². The summed E-state index contributed by atoms with van der Waals surface area (Å²) >= 11 is 5.99. The molecule has 0 saturated heterocycles. The first kappa shape index (κ1) is 14.9. The Labute approximate surface area is 125 Å². The molecule has 0 atom stereocenters. The van der Waals surface area contributed by atoms with E-state index in [0.29, 0.717) is 6.42 Å². The highest BCUT2D eigenvalue weighted by atomic mass is 35.5. The number of nitrogens with one attached hydrogen (secondary N) is 1. The average Bonchev–Trinajstić information content (AvgIpc) is 2.36. The summed E-state index contributed by atoms with van der Waals surface area (Å²) in [6, 6.07) is 9.75. The smallest absolute Gasteiger partial charge is 0.132 e. The lowest BCUT2D eigenvalue weighted by Gasteiger charge is -2.20. The summed E-state index contributed by atoms with van der Waals surface area (Å²) in [4.78, 5) is 8.91. The molecule has 2 aromatic rings. The standard InChI is InChI=1S/C16H20ClN3/c1-16(2,3)19-11-14-7-8-18-15(20-14)10-12-5-4-6-13(17)9-12/h4-9,19H,10-11H2,1-3H3. The Bertz CT molecular complexity index is 576. The number of nitrogens with zero attached hydrogens (tertiary/aromatic N) is 2. The Morgan fingerprint density at radius 2 is 2.00 bits per heavy atom. The minimum Gasteiger partial charge on any atom is -0.306 e. The molecule has 0 unspecified atom stereocenters. The van der Waals surface area contributed by atoms with E-state index in [4.69, 9.17) is 11.6 Å². The van der Waals surface area contributed by atoms with Crippen molar-refractivity contribution in [2.75, 3.05) is 0 Å². The molecule has 0 bridgehead atoms. The molecule has 1 heterocycles. The van der Waals surface area contributed by atoms with Gasteiger partial charge in [-0.25, -0.2) is 9.97 Å². The van der Waals surface area contributed by atoms with Crippen LogP contribution in [0.4, 0.5) is 0 Å². The summed E-state index contributed by atoms with van der Waals surface area (Å²) in [6.07, 6.45) is 2.51. The highest BCUT2D eigenvalue weighted by Crippen LogP contribution is 2.13. The third-order valence-electron chi connectivity index (χ3n) is 2.81. The van der Waals surface area contributed by atoms with Crippen LogP contribution < -0.4 is 5.32 Å². The molecule has 1 N–H and O–H groups in total. The first-order chi connectivity index (χ1) is 9.42. The molecule has 4 heteroatoms. The summed E-state index contributed by atoms with van der Waals surface area (Å²) < 4.78 is 0. The van der Waals surface area contributed by atoms with Crippen LogP contribution in [-0.2, 0) is 13.0 Å². The van der Waals surface area contributed by atoms with E-state index in [-0.39, 0.29) is 5.54 Å². The third-order valence-corrected chi connectivity index (χ3v) is 3.05. The molecule has 2 rings (SSSR count). The van der Waals surface area contributed by atoms with Crippen LogP contribution in [0.3, 0.4) is 0 Å². The van der Waals surface area contributed by atoms with Gasteiger partial charge in [-0.2, -0.15) is 0 Å². The van der Waals surface area contributed by atoms with Crippen molar-refractivity contribution in [2.24, 2.45) is 0 Å². The van der Waals surface area contributed by atoms with Gasteiger partial charge in [-0.3, -0.25) is 0 Å². The molecule has 0 aliphatic heterocycles. The number of aromatic nitrogens is 2. The molecule has 0 radical (unpaired) electrons. The molecule has 0 aliphatic carbocycles. The molecule has 0 aliphatic rings. The van der Waals surface area contributed by atoms with Crippen molar-refractivity contribution in [1.29, 1.82) is 0 Å². The van der Waals surface area contributed by atoms with Crippen LogP contribution in [0.2, 0.25) is 5.02 Å². The van der Waals surface area contributed by atoms with Crippen LogP contribution in [0.15, 0.2) is 36.5 Å². The minimum absolute atomic E-state index is 0.0814. The van der Waals surface area contributed by atoms with Crippen molar-refractivity contribution in [1.82, 2.24) is 15.3 Å². The van der Waals surface area contributed by atoms with Crippen LogP contribution in [0, 0.1) is 0 Å². The van der Waals surface area contributed by atoms with E-state index in [0.717, 1.165) is 28.6 Å². The van der Waals surface area contributed by atoms with Crippen molar-refractivity contribution >= 4 is 11.6 Å². The van der Waals surface area contributed by atoms with Gasteiger partial charge in [-0.1, -0.05) is 23.7 Å². The van der Waals surface area contributed by atoms with Crippen LogP contribution in [0.25, 0.3) is 0 Å². The monoisotopic (exact) mass is 289 g/mol. The van der Waals surface area contributed by atoms with E-state index < -0.39 is 0 Å². The van der Waals surface area contributed by atoms with Gasteiger partial charge in [0.15, 0.2) is 0 Å². The molecule has 0 fully saturated rings. The summed E-state index contributed by atoms with van der Waals surface area (Å²) in [5.41, 5.74) is 2.21. The van der Waals surface area contributed by atoms with Gasteiger partial charge in [-0.15, -0.1) is 0 Å². The fourth-order valence-corrected chi connectivity index (χ4v) is 2.02. The minimum atomic E-state index is 0.0814. The molecule has 1 aromatic carbocycles. The zero-order valence-electron chi connectivity index (χ0n) is 12.2. The Balaban J connectivity index is 2.06. The maximum atomic E-state index is 5.99. The molecular formula is C16H20ClN3. The van der Waals surface area contributed by atoms with Crippen LogP contribution in [0.5, 0.6) is 0 Å². The lowest BCUT2D eigenvalue weighted by atomic mass is 10.1. The Morgan fingerprint density at radius 3 is 2.70 bits per heavy atom. The number of hydrogen-bond acceptors (Lipinski definition) is 3. The zero-order chi connectivity index (χ0) is 14.6. The van der Waals surface area contributed by atoms with E-state index in [2.05, 4.69) is 36.1 Å². The van der Waals surface area contributed by atoms with E-state index in [9.17, 15) is 0 Å². The van der Waals surface area contributed by atoms with Crippen LogP contribution in [-0.4, -0.2) is 15.5 Å². The first-order valence-electron chi connectivity index (χ1n) is 6.73. The normalized spacial score (nSPS) is 11.6. The number of benzene rings is 1. The molecule has 0 saturated carbocycles. The largest absolute Gasteiger partial charge is 0.306 e. The molecule has 0 spiro atoms. The maximum Gasteiger partial charge on any atom is 0.132 e. The molecule has 3 nitrogen and oxygen atoms in total. The topological polar surface area (TPSA) is 37.8 Å². The quantitative estimate of drug-likeness (QED) is 0.934. The molecule has 1 aromatic heterocycles. The first-order valence-corrected chi connectivity index (χ1v) is 7.10. The van der Waals surface area contributed by atoms with Crippen molar-refractivity contribution in [3.8, 4) is 0 Å². The van der Waals surface area contributed by atoms with Gasteiger partial charge in [-0.05, 0) is 44.5 Å². The van der Waals surface area contributed by atoms with Gasteiger partial charge >= 0.3 is 0 Å². The maximum absolute atomic E-state index is 5.99. The second-order valence-electron chi connectivity index (χ2n) is 5.87. The fraction of sp³-hybridized carbons (Fsp3) is 0.375. The summed E-state index contributed by atoms with van der Waals surface area (Å²) in [5, 5.41) is 4.17. The Hall–Kier alpha value is -1.45. The lowest BCUT2D eigenvalue weighted by Crippen LogP contribution is -2.35. The molecule has 106 valence electrons. The predicted molar refractivity (Wildman–Crippen MR) is 82.9 cm³/mol. The van der Waals surface area contributed by atoms with Gasteiger partial charge in [0, 0.05) is 29.7 Å². The highest BCUT2D eigenvalue weighted by molar-refractivity contribution is 6.30. The number of hydrogen-bond donors (Lipinski definition) is 1. The van der Waals surface area contributed by atoms with Crippen molar-refractivity contribution in [3.05, 3.63) is 58.6 Å². The summed E-state index contributed by atoms with van der Waals surface area (Å²) in [7, 11) is 0. The third kappa shape index (κ3) is 4.91. The van der Waals surface area contributed by atoms with Gasteiger partial charge in [0.1, 0.15) is 5.82 Å². The highest BCUT2D eigenvalue weighted by Gasteiger charge is 2.09. The molecule has 0 amide bonds. The Morgan fingerprint density at radius 1 is 1.20 bits per heavy atom. The van der Waals surface area contributed by atoms with Crippen LogP contribution >= 0.6 is 11.6 Å². The zero-order valence-corrected chi connectivity index (χ0v) is 12.9. The van der Waals surface area contributed by atoms with Gasteiger partial charge in [0.2, 0.25) is 0 Å². The molecule has 20 heavy (non-hydrogen) atoms. The SMILES string of the molecule is CC(C)(C)NCc1ccnc(Cc2cccc(Cl)c2)n1. The van der Waals surface area contributed by atoms with Crippen molar-refractivity contribution in [2.45, 2.75) is 39.3 Å². The fourth-order valence-electron chi connectivity index (χ4n) is 1.81. The van der Waals surface area contributed by atoms with E-state index >= 15 is 0 Å². The predicted octanol–water partition coefficient (Wildman–Crippen LogP) is 3.61. The Kier molecular flexibility index (Phi) is 4.73.